The van der Waals surface area contributed by atoms with E-state index >= 15 is 0 Å². The molecule has 1 aliphatic rings. The Bertz CT molecular complexity index is 819. The molecule has 2 atom stereocenters. The SMILES string of the molecule is CN(CC(O)COc1cccc2c1C(=O)CC2)C(C)(I)CNC(=O)CCCCO[N+](=O)[O-]. The van der Waals surface area contributed by atoms with Crippen LogP contribution in [-0.4, -0.2) is 69.8 Å². The first-order chi connectivity index (χ1) is 15.1. The van der Waals surface area contributed by atoms with Gasteiger partial charge in [-0.05, 0) is 44.9 Å². The Morgan fingerprint density at radius 3 is 2.88 bits per heavy atom. The molecule has 0 fully saturated rings. The predicted molar refractivity (Wildman–Crippen MR) is 125 cm³/mol. The number of nitrogens with zero attached hydrogens (tertiary/aromatic N) is 2. The van der Waals surface area contributed by atoms with Crippen LogP contribution in [0.3, 0.4) is 0 Å². The molecule has 0 radical (unpaired) electrons. The molecule has 0 saturated carbocycles. The quantitative estimate of drug-likeness (QED) is 0.0880. The number of aliphatic hydroxyl groups is 1. The maximum Gasteiger partial charge on any atom is 0.294 e. The molecule has 0 saturated heterocycles. The van der Waals surface area contributed by atoms with Crippen LogP contribution in [0.15, 0.2) is 18.2 Å². The number of hydrogen-bond donors (Lipinski definition) is 2. The maximum absolute atomic E-state index is 12.1. The van der Waals surface area contributed by atoms with Crippen molar-refractivity contribution in [2.45, 2.75) is 48.7 Å². The predicted octanol–water partition coefficient (Wildman–Crippen LogP) is 2.13. The number of aliphatic hydroxyl groups excluding tert-OH is 1. The fraction of sp³-hybridized carbons (Fsp3) is 0.619. The highest BCUT2D eigenvalue weighted by atomic mass is 127. The van der Waals surface area contributed by atoms with Gasteiger partial charge in [0.2, 0.25) is 5.91 Å². The number of amides is 1. The summed E-state index contributed by atoms with van der Waals surface area (Å²) in [5.41, 5.74) is 1.61. The molecule has 0 aromatic heterocycles. The molecule has 1 amide bonds. The second-order valence-electron chi connectivity index (χ2n) is 7.99. The van der Waals surface area contributed by atoms with Gasteiger partial charge in [-0.1, -0.05) is 34.7 Å². The number of fused-ring (bicyclic) bond motifs is 1. The zero-order valence-corrected chi connectivity index (χ0v) is 20.5. The summed E-state index contributed by atoms with van der Waals surface area (Å²) in [6, 6.07) is 5.53. The number of hydrogen-bond acceptors (Lipinski definition) is 8. The third kappa shape index (κ3) is 8.17. The fourth-order valence-corrected chi connectivity index (χ4v) is 3.74. The van der Waals surface area contributed by atoms with Crippen molar-refractivity contribution in [3.8, 4) is 5.75 Å². The molecule has 1 aromatic carbocycles. The van der Waals surface area contributed by atoms with E-state index in [-0.39, 0.29) is 31.3 Å². The number of halogens is 1. The number of unbranched alkanes of at least 4 members (excludes halogenated alkanes) is 1. The van der Waals surface area contributed by atoms with Gasteiger partial charge in [-0.3, -0.25) is 14.5 Å². The number of nitrogens with one attached hydrogen (secondary N) is 1. The zero-order valence-electron chi connectivity index (χ0n) is 18.3. The molecule has 0 heterocycles. The number of rotatable bonds is 14. The number of aryl methyl sites for hydroxylation is 1. The van der Waals surface area contributed by atoms with E-state index < -0.39 is 14.7 Å². The van der Waals surface area contributed by atoms with Crippen LogP contribution in [0, 0.1) is 10.1 Å². The van der Waals surface area contributed by atoms with Gasteiger partial charge in [0.1, 0.15) is 18.5 Å². The van der Waals surface area contributed by atoms with E-state index in [2.05, 4.69) is 32.7 Å². The van der Waals surface area contributed by atoms with Crippen molar-refractivity contribution in [3.63, 3.8) is 0 Å². The van der Waals surface area contributed by atoms with Crippen LogP contribution in [-0.2, 0) is 16.1 Å². The Balaban J connectivity index is 1.72. The van der Waals surface area contributed by atoms with Gasteiger partial charge >= 0.3 is 0 Å². The highest BCUT2D eigenvalue weighted by Crippen LogP contribution is 2.30. The Morgan fingerprint density at radius 2 is 2.16 bits per heavy atom. The van der Waals surface area contributed by atoms with Crippen molar-refractivity contribution in [1.82, 2.24) is 10.2 Å². The van der Waals surface area contributed by atoms with Gasteiger partial charge in [-0.25, -0.2) is 0 Å². The third-order valence-corrected chi connectivity index (χ3v) is 6.53. The molecule has 10 nitrogen and oxygen atoms in total. The average Bonchev–Trinajstić information content (AvgIpc) is 3.12. The lowest BCUT2D eigenvalue weighted by atomic mass is 10.1. The van der Waals surface area contributed by atoms with Gasteiger partial charge in [0.25, 0.3) is 5.09 Å². The van der Waals surface area contributed by atoms with Crippen molar-refractivity contribution in [2.75, 3.05) is 33.4 Å². The van der Waals surface area contributed by atoms with Gasteiger partial charge in [-0.15, -0.1) is 10.1 Å². The van der Waals surface area contributed by atoms with Crippen LogP contribution in [0.2, 0.25) is 0 Å². The van der Waals surface area contributed by atoms with Crippen LogP contribution in [0.5, 0.6) is 5.75 Å². The van der Waals surface area contributed by atoms with Gasteiger partial charge in [0.15, 0.2) is 5.78 Å². The summed E-state index contributed by atoms with van der Waals surface area (Å²) in [4.78, 5) is 40.3. The number of Topliss-reactive ketones (excluding diaryl/α,β-unsaturated/α-hetero) is 1. The molecule has 0 bridgehead atoms. The molecule has 2 N–H and O–H groups in total. The molecular formula is C21H30IN3O7. The number of ketones is 1. The molecule has 2 rings (SSSR count). The van der Waals surface area contributed by atoms with Crippen molar-refractivity contribution in [3.05, 3.63) is 39.4 Å². The molecule has 1 aromatic rings. The average molecular weight is 563 g/mol. The van der Waals surface area contributed by atoms with Crippen LogP contribution < -0.4 is 10.1 Å². The minimum atomic E-state index is -0.844. The number of carbonyl (C=O) groups excluding carboxylic acids is 2. The van der Waals surface area contributed by atoms with Gasteiger partial charge in [-0.2, -0.15) is 0 Å². The van der Waals surface area contributed by atoms with Crippen LogP contribution >= 0.6 is 22.6 Å². The van der Waals surface area contributed by atoms with Crippen LogP contribution in [0.25, 0.3) is 0 Å². The second-order valence-corrected chi connectivity index (χ2v) is 10.3. The minimum absolute atomic E-state index is 0.0209. The number of carbonyl (C=O) groups is 2. The fourth-order valence-electron chi connectivity index (χ4n) is 3.35. The molecule has 0 spiro atoms. The van der Waals surface area contributed by atoms with E-state index in [0.717, 1.165) is 12.0 Å². The Kier molecular flexibility index (Phi) is 10.1. The molecule has 1 aliphatic carbocycles. The largest absolute Gasteiger partial charge is 0.490 e. The summed E-state index contributed by atoms with van der Waals surface area (Å²) in [6.45, 7) is 2.65. The first kappa shape index (κ1) is 26.3. The first-order valence-corrected chi connectivity index (χ1v) is 11.6. The molecular weight excluding hydrogens is 533 g/mol. The van der Waals surface area contributed by atoms with Crippen molar-refractivity contribution >= 4 is 34.3 Å². The number of ether oxygens (including phenoxy) is 1. The number of benzene rings is 1. The molecule has 2 unspecified atom stereocenters. The van der Waals surface area contributed by atoms with Crippen LogP contribution in [0.1, 0.15) is 48.5 Å². The first-order valence-electron chi connectivity index (χ1n) is 10.5. The second kappa shape index (κ2) is 12.3. The van der Waals surface area contributed by atoms with E-state index in [9.17, 15) is 24.8 Å². The topological polar surface area (TPSA) is 131 Å². The molecule has 11 heteroatoms. The number of alkyl halides is 1. The standard InChI is InChI=1S/C21H30IN3O7/c1-21(22,14-23-19(28)8-3-4-11-32-25(29)30)24(2)12-16(26)13-31-18-7-5-6-15-9-10-17(27)20(15)18/h5-7,16,26H,3-4,8-14H2,1-2H3,(H,23,28). The van der Waals surface area contributed by atoms with Crippen molar-refractivity contribution in [1.29, 1.82) is 0 Å². The Labute approximate surface area is 200 Å². The lowest BCUT2D eigenvalue weighted by Gasteiger charge is -2.35. The summed E-state index contributed by atoms with van der Waals surface area (Å²) < 4.78 is 5.30. The van der Waals surface area contributed by atoms with Gasteiger partial charge in [0.05, 0.1) is 15.7 Å². The van der Waals surface area contributed by atoms with E-state index in [1.165, 1.54) is 0 Å². The smallest absolute Gasteiger partial charge is 0.294 e. The third-order valence-electron chi connectivity index (χ3n) is 5.33. The van der Waals surface area contributed by atoms with Gasteiger partial charge in [0, 0.05) is 25.9 Å². The van der Waals surface area contributed by atoms with Crippen LogP contribution in [0.4, 0.5) is 0 Å². The molecule has 178 valence electrons. The zero-order chi connectivity index (χ0) is 23.7. The van der Waals surface area contributed by atoms with Crippen molar-refractivity contribution in [2.24, 2.45) is 0 Å². The molecule has 0 aliphatic heterocycles. The summed E-state index contributed by atoms with van der Waals surface area (Å²) in [6.07, 6.45) is 1.62. The van der Waals surface area contributed by atoms with E-state index in [0.29, 0.717) is 43.7 Å². The normalized spacial score (nSPS) is 15.7. The summed E-state index contributed by atoms with van der Waals surface area (Å²) in [5, 5.41) is 22.5. The highest BCUT2D eigenvalue weighted by Gasteiger charge is 2.28. The lowest BCUT2D eigenvalue weighted by Crippen LogP contribution is -2.50. The summed E-state index contributed by atoms with van der Waals surface area (Å²) in [5.74, 6) is 0.441. The maximum atomic E-state index is 12.1. The molecule has 32 heavy (non-hydrogen) atoms. The monoisotopic (exact) mass is 563 g/mol. The van der Waals surface area contributed by atoms with E-state index in [1.54, 1.807) is 6.07 Å². The van der Waals surface area contributed by atoms with E-state index in [4.69, 9.17) is 4.74 Å². The summed E-state index contributed by atoms with van der Waals surface area (Å²) in [7, 11) is 1.85. The Hall–Kier alpha value is -1.99. The minimum Gasteiger partial charge on any atom is -0.490 e. The highest BCUT2D eigenvalue weighted by molar-refractivity contribution is 14.1. The Morgan fingerprint density at radius 1 is 1.41 bits per heavy atom. The lowest BCUT2D eigenvalue weighted by molar-refractivity contribution is -0.757. The van der Waals surface area contributed by atoms with Gasteiger partial charge < -0.3 is 20.0 Å². The summed E-state index contributed by atoms with van der Waals surface area (Å²) >= 11 is 2.21. The van der Waals surface area contributed by atoms with Crippen molar-refractivity contribution < 1.29 is 29.4 Å². The number of likely N-dealkylation sites (N-methyl/N-ethyl adjacent to an activating group) is 1. The van der Waals surface area contributed by atoms with E-state index in [1.807, 2.05) is 31.0 Å².